The Morgan fingerprint density at radius 3 is 2.05 bits per heavy atom. The Labute approximate surface area is 251 Å². The zero-order chi connectivity index (χ0) is 29.7. The molecule has 3 rings (SSSR count). The lowest BCUT2D eigenvalue weighted by Crippen LogP contribution is -2.56. The Morgan fingerprint density at radius 2 is 1.50 bits per heavy atom. The number of carbonyl (C=O) groups excluding carboxylic acids is 2. The van der Waals surface area contributed by atoms with Crippen LogP contribution in [0, 0.1) is 0 Å². The second kappa shape index (κ2) is 13.3. The third-order valence-electron chi connectivity index (χ3n) is 5.90. The molecule has 0 aromatic heterocycles. The Bertz CT molecular complexity index is 1440. The molecule has 1 N–H and O–H groups in total. The summed E-state index contributed by atoms with van der Waals surface area (Å²) < 4.78 is 26.6. The van der Waals surface area contributed by atoms with E-state index >= 15 is 0 Å². The zero-order valence-electron chi connectivity index (χ0n) is 22.7. The molecule has 40 heavy (non-hydrogen) atoms. The van der Waals surface area contributed by atoms with Crippen molar-refractivity contribution in [3.63, 3.8) is 0 Å². The predicted molar refractivity (Wildman–Crippen MR) is 162 cm³/mol. The van der Waals surface area contributed by atoms with Crippen LogP contribution in [0.3, 0.4) is 0 Å². The third kappa shape index (κ3) is 9.13. The van der Waals surface area contributed by atoms with Crippen LogP contribution in [-0.4, -0.2) is 49.5 Å². The van der Waals surface area contributed by atoms with Crippen molar-refractivity contribution in [2.75, 3.05) is 17.1 Å². The van der Waals surface area contributed by atoms with Gasteiger partial charge in [-0.25, -0.2) is 8.42 Å². The minimum atomic E-state index is -3.87. The lowest BCUT2D eigenvalue weighted by Gasteiger charge is -2.35. The van der Waals surface area contributed by atoms with Crippen LogP contribution in [0.4, 0.5) is 5.69 Å². The molecule has 7 nitrogen and oxygen atoms in total. The van der Waals surface area contributed by atoms with Gasteiger partial charge in [0.2, 0.25) is 21.8 Å². The van der Waals surface area contributed by atoms with Gasteiger partial charge < -0.3 is 10.2 Å². The van der Waals surface area contributed by atoms with Crippen molar-refractivity contribution in [2.24, 2.45) is 0 Å². The van der Waals surface area contributed by atoms with E-state index in [-0.39, 0.29) is 24.6 Å². The molecule has 0 spiro atoms. The number of benzene rings is 3. The average Bonchev–Trinajstić information content (AvgIpc) is 2.86. The number of sulfonamides is 1. The molecule has 0 aliphatic carbocycles. The first kappa shape index (κ1) is 31.7. The SMILES string of the molecule is CC(C)(C)NC(=O)[C@@H](Cc1ccccc1)N(Cc1ccc(Cl)c(Cl)c1)C(=O)CN(c1ccc(Cl)cc1)S(C)(=O)=O. The molecular formula is C29H32Cl3N3O4S. The number of hydrogen-bond acceptors (Lipinski definition) is 4. The molecule has 0 unspecified atom stereocenters. The Morgan fingerprint density at radius 1 is 0.875 bits per heavy atom. The summed E-state index contributed by atoms with van der Waals surface area (Å²) in [6, 6.07) is 19.4. The minimum absolute atomic E-state index is 0.0109. The van der Waals surface area contributed by atoms with Crippen LogP contribution in [0.25, 0.3) is 0 Å². The molecule has 0 radical (unpaired) electrons. The first-order valence-corrected chi connectivity index (χ1v) is 15.4. The summed E-state index contributed by atoms with van der Waals surface area (Å²) in [4.78, 5) is 29.2. The molecule has 0 aliphatic rings. The molecule has 11 heteroatoms. The maximum Gasteiger partial charge on any atom is 0.244 e. The molecule has 3 aromatic rings. The summed E-state index contributed by atoms with van der Waals surface area (Å²) in [5.41, 5.74) is 1.16. The normalized spacial score (nSPS) is 12.5. The van der Waals surface area contributed by atoms with Gasteiger partial charge in [0, 0.05) is 23.5 Å². The van der Waals surface area contributed by atoms with E-state index in [1.807, 2.05) is 51.1 Å². The van der Waals surface area contributed by atoms with Crippen LogP contribution in [0.5, 0.6) is 0 Å². The number of anilines is 1. The van der Waals surface area contributed by atoms with Crippen molar-refractivity contribution in [2.45, 2.75) is 45.3 Å². The third-order valence-corrected chi connectivity index (χ3v) is 8.03. The number of hydrogen-bond donors (Lipinski definition) is 1. The predicted octanol–water partition coefficient (Wildman–Crippen LogP) is 5.97. The molecule has 0 aliphatic heterocycles. The fourth-order valence-electron chi connectivity index (χ4n) is 4.06. The highest BCUT2D eigenvalue weighted by Gasteiger charge is 2.34. The van der Waals surface area contributed by atoms with Crippen LogP contribution in [0.1, 0.15) is 31.9 Å². The zero-order valence-corrected chi connectivity index (χ0v) is 25.8. The topological polar surface area (TPSA) is 86.8 Å². The summed E-state index contributed by atoms with van der Waals surface area (Å²) >= 11 is 18.4. The monoisotopic (exact) mass is 623 g/mol. The lowest BCUT2D eigenvalue weighted by molar-refractivity contribution is -0.140. The van der Waals surface area contributed by atoms with Crippen molar-refractivity contribution in [3.8, 4) is 0 Å². The van der Waals surface area contributed by atoms with Crippen LogP contribution in [0.15, 0.2) is 72.8 Å². The average molecular weight is 625 g/mol. The van der Waals surface area contributed by atoms with E-state index in [9.17, 15) is 18.0 Å². The van der Waals surface area contributed by atoms with Gasteiger partial charge in [-0.05, 0) is 68.3 Å². The van der Waals surface area contributed by atoms with Gasteiger partial charge in [0.25, 0.3) is 0 Å². The van der Waals surface area contributed by atoms with Crippen LogP contribution in [-0.2, 0) is 32.6 Å². The summed E-state index contributed by atoms with van der Waals surface area (Å²) in [7, 11) is -3.87. The fraction of sp³-hybridized carbons (Fsp3) is 0.310. The first-order chi connectivity index (χ1) is 18.6. The van der Waals surface area contributed by atoms with E-state index in [2.05, 4.69) is 5.32 Å². The molecule has 214 valence electrons. The molecule has 0 fully saturated rings. The number of amides is 2. The Kier molecular flexibility index (Phi) is 10.5. The number of nitrogens with one attached hydrogen (secondary N) is 1. The van der Waals surface area contributed by atoms with Gasteiger partial charge in [0.1, 0.15) is 12.6 Å². The Balaban J connectivity index is 2.08. The molecule has 0 heterocycles. The van der Waals surface area contributed by atoms with E-state index in [4.69, 9.17) is 34.8 Å². The number of nitrogens with zero attached hydrogens (tertiary/aromatic N) is 2. The van der Waals surface area contributed by atoms with Gasteiger partial charge in [-0.1, -0.05) is 71.2 Å². The molecule has 3 aromatic carbocycles. The summed E-state index contributed by atoms with van der Waals surface area (Å²) in [5, 5.41) is 4.04. The molecule has 0 bridgehead atoms. The highest BCUT2D eigenvalue weighted by molar-refractivity contribution is 7.92. The second-order valence-corrected chi connectivity index (χ2v) is 13.6. The van der Waals surface area contributed by atoms with Gasteiger partial charge in [-0.2, -0.15) is 0 Å². The van der Waals surface area contributed by atoms with E-state index in [0.29, 0.717) is 20.6 Å². The lowest BCUT2D eigenvalue weighted by atomic mass is 10.0. The second-order valence-electron chi connectivity index (χ2n) is 10.5. The summed E-state index contributed by atoms with van der Waals surface area (Å²) in [5.74, 6) is -0.946. The number of carbonyl (C=O) groups is 2. The van der Waals surface area contributed by atoms with Crippen LogP contribution < -0.4 is 9.62 Å². The van der Waals surface area contributed by atoms with Gasteiger partial charge in [-0.15, -0.1) is 0 Å². The van der Waals surface area contributed by atoms with Gasteiger partial charge >= 0.3 is 0 Å². The molecule has 0 saturated carbocycles. The molecular weight excluding hydrogens is 593 g/mol. The van der Waals surface area contributed by atoms with Gasteiger partial charge in [0.15, 0.2) is 0 Å². The number of halogens is 3. The van der Waals surface area contributed by atoms with Crippen LogP contribution >= 0.6 is 34.8 Å². The van der Waals surface area contributed by atoms with Crippen molar-refractivity contribution in [3.05, 3.63) is 99.0 Å². The standard InChI is InChI=1S/C29H32Cl3N3O4S/c1-29(2,3)33-28(37)26(17-20-8-6-5-7-9-20)34(18-21-10-15-24(31)25(32)16-21)27(36)19-35(40(4,38)39)23-13-11-22(30)12-14-23/h5-16,26H,17-19H2,1-4H3,(H,33,37)/t26-/m1/s1. The van der Waals surface area contributed by atoms with Crippen LogP contribution in [0.2, 0.25) is 15.1 Å². The fourth-order valence-corrected chi connectivity index (χ4v) is 5.36. The van der Waals surface area contributed by atoms with Gasteiger partial charge in [0.05, 0.1) is 22.0 Å². The Hall–Kier alpha value is -2.78. The quantitative estimate of drug-likeness (QED) is 0.301. The van der Waals surface area contributed by atoms with Crippen molar-refractivity contribution >= 4 is 62.3 Å². The maximum atomic E-state index is 14.1. The van der Waals surface area contributed by atoms with E-state index in [1.54, 1.807) is 30.3 Å². The molecule has 2 amide bonds. The van der Waals surface area contributed by atoms with Gasteiger partial charge in [-0.3, -0.25) is 13.9 Å². The van der Waals surface area contributed by atoms with Crippen molar-refractivity contribution in [1.29, 1.82) is 0 Å². The summed E-state index contributed by atoms with van der Waals surface area (Å²) in [6.07, 6.45) is 1.22. The van der Waals surface area contributed by atoms with E-state index in [1.165, 1.54) is 17.0 Å². The smallest absolute Gasteiger partial charge is 0.244 e. The molecule has 1 atom stereocenters. The largest absolute Gasteiger partial charge is 0.350 e. The van der Waals surface area contributed by atoms with E-state index < -0.39 is 34.1 Å². The maximum absolute atomic E-state index is 14.1. The highest BCUT2D eigenvalue weighted by Crippen LogP contribution is 2.26. The first-order valence-electron chi connectivity index (χ1n) is 12.5. The van der Waals surface area contributed by atoms with E-state index in [0.717, 1.165) is 16.1 Å². The number of rotatable bonds is 10. The minimum Gasteiger partial charge on any atom is -0.350 e. The summed E-state index contributed by atoms with van der Waals surface area (Å²) in [6.45, 7) is 5.00. The highest BCUT2D eigenvalue weighted by atomic mass is 35.5. The van der Waals surface area contributed by atoms with Crippen molar-refractivity contribution < 1.29 is 18.0 Å². The molecule has 0 saturated heterocycles. The van der Waals surface area contributed by atoms with Crippen molar-refractivity contribution in [1.82, 2.24) is 10.2 Å².